The molecule has 0 atom stereocenters. The molecule has 0 radical (unpaired) electrons. The van der Waals surface area contributed by atoms with E-state index >= 15 is 0 Å². The summed E-state index contributed by atoms with van der Waals surface area (Å²) in [4.78, 5) is 11.6. The van der Waals surface area contributed by atoms with E-state index in [9.17, 15) is 4.79 Å². The van der Waals surface area contributed by atoms with Crippen LogP contribution in [0.3, 0.4) is 0 Å². The first-order valence-electron chi connectivity index (χ1n) is 6.00. The minimum atomic E-state index is -0.434. The second-order valence-electron chi connectivity index (χ2n) is 4.02. The van der Waals surface area contributed by atoms with Crippen LogP contribution in [0, 0.1) is 0 Å². The Morgan fingerprint density at radius 1 is 1.30 bits per heavy atom. The molecule has 20 heavy (non-hydrogen) atoms. The van der Waals surface area contributed by atoms with Gasteiger partial charge in [0.05, 0.1) is 26.1 Å². The van der Waals surface area contributed by atoms with Gasteiger partial charge in [-0.3, -0.25) is 0 Å². The normalized spacial score (nSPS) is 12.6. The van der Waals surface area contributed by atoms with Crippen LogP contribution in [0.25, 0.3) is 6.08 Å². The van der Waals surface area contributed by atoms with Crippen molar-refractivity contribution >= 4 is 23.6 Å². The lowest BCUT2D eigenvalue weighted by Crippen LogP contribution is -2.06. The molecule has 3 nitrogen and oxygen atoms in total. The van der Waals surface area contributed by atoms with Gasteiger partial charge in [0.1, 0.15) is 0 Å². The minimum Gasteiger partial charge on any atom is -0.503 e. The fourth-order valence-corrected chi connectivity index (χ4v) is 1.73. The summed E-state index contributed by atoms with van der Waals surface area (Å²) >= 11 is 5.90. The van der Waals surface area contributed by atoms with Gasteiger partial charge in [0, 0.05) is 5.02 Å². The lowest BCUT2D eigenvalue weighted by atomic mass is 10.1. The molecule has 1 aromatic carbocycles. The van der Waals surface area contributed by atoms with E-state index in [1.165, 1.54) is 20.5 Å². The molecule has 0 aliphatic carbocycles. The fourth-order valence-electron chi connectivity index (χ4n) is 1.53. The van der Waals surface area contributed by atoms with Crippen LogP contribution in [-0.4, -0.2) is 20.2 Å². The average molecular weight is 293 g/mol. The summed E-state index contributed by atoms with van der Waals surface area (Å²) in [5.41, 5.74) is 2.11. The Bertz CT molecular complexity index is 557. The number of allylic oxidation sites excluding steroid dienone is 2. The molecule has 0 aliphatic heterocycles. The lowest BCUT2D eigenvalue weighted by molar-refractivity contribution is -0.135. The maximum atomic E-state index is 11.6. The van der Waals surface area contributed by atoms with E-state index in [0.717, 1.165) is 11.1 Å². The Morgan fingerprint density at radius 2 is 2.05 bits per heavy atom. The molecule has 0 fully saturated rings. The maximum absolute atomic E-state index is 11.6. The average Bonchev–Trinajstić information content (AvgIpc) is 2.44. The zero-order valence-electron chi connectivity index (χ0n) is 11.7. The van der Waals surface area contributed by atoms with Gasteiger partial charge in [0.15, 0.2) is 0 Å². The van der Waals surface area contributed by atoms with Gasteiger partial charge in [-0.2, -0.15) is 0 Å². The summed E-state index contributed by atoms with van der Waals surface area (Å²) in [5, 5.41) is 0.683. The monoisotopic (exact) mass is 292 g/mol. The number of carbonyl (C=O) groups excluding carboxylic acids is 1. The minimum absolute atomic E-state index is 0.380. The molecule has 4 heteroatoms. The third kappa shape index (κ3) is 4.94. The Balaban J connectivity index is 2.87. The molecule has 0 heterocycles. The van der Waals surface area contributed by atoms with Gasteiger partial charge < -0.3 is 9.47 Å². The van der Waals surface area contributed by atoms with Gasteiger partial charge in [-0.05, 0) is 30.2 Å². The highest BCUT2D eigenvalue weighted by atomic mass is 35.5. The molecule has 0 amide bonds. The molecule has 0 unspecified atom stereocenters. The molecule has 0 aromatic heterocycles. The van der Waals surface area contributed by atoms with Crippen LogP contribution in [-0.2, 0) is 14.3 Å². The fraction of sp³-hybridized carbons (Fsp3) is 0.188. The Labute approximate surface area is 124 Å². The maximum Gasteiger partial charge on any atom is 0.341 e. The van der Waals surface area contributed by atoms with Crippen LogP contribution >= 0.6 is 11.6 Å². The number of hydrogen-bond donors (Lipinski definition) is 0. The van der Waals surface area contributed by atoms with Crippen molar-refractivity contribution in [2.24, 2.45) is 0 Å². The number of carbonyl (C=O) groups is 1. The first-order chi connectivity index (χ1) is 9.58. The lowest BCUT2D eigenvalue weighted by Gasteiger charge is -2.04. The molecule has 0 bridgehead atoms. The van der Waals surface area contributed by atoms with Gasteiger partial charge in [0.2, 0.25) is 0 Å². The molecule has 1 aromatic rings. The van der Waals surface area contributed by atoms with Crippen molar-refractivity contribution in [1.29, 1.82) is 0 Å². The van der Waals surface area contributed by atoms with Gasteiger partial charge in [-0.15, -0.1) is 0 Å². The second-order valence-corrected chi connectivity index (χ2v) is 4.46. The number of benzene rings is 1. The summed E-state index contributed by atoms with van der Waals surface area (Å²) in [6.07, 6.45) is 6.91. The highest BCUT2D eigenvalue weighted by molar-refractivity contribution is 6.30. The zero-order valence-corrected chi connectivity index (χ0v) is 12.5. The summed E-state index contributed by atoms with van der Waals surface area (Å²) in [6.45, 7) is 1.81. The van der Waals surface area contributed by atoms with Crippen molar-refractivity contribution in [2.75, 3.05) is 14.2 Å². The quantitative estimate of drug-likeness (QED) is 0.356. The van der Waals surface area contributed by atoms with Crippen LogP contribution in [0.5, 0.6) is 0 Å². The Kier molecular flexibility index (Phi) is 6.60. The van der Waals surface area contributed by atoms with E-state index in [4.69, 9.17) is 21.1 Å². The predicted molar refractivity (Wildman–Crippen MR) is 81.4 cm³/mol. The van der Waals surface area contributed by atoms with E-state index in [0.29, 0.717) is 10.6 Å². The summed E-state index contributed by atoms with van der Waals surface area (Å²) < 4.78 is 9.58. The number of hydrogen-bond acceptors (Lipinski definition) is 3. The van der Waals surface area contributed by atoms with Crippen LogP contribution in [0.4, 0.5) is 0 Å². The largest absolute Gasteiger partial charge is 0.503 e. The van der Waals surface area contributed by atoms with Crippen LogP contribution in [0.15, 0.2) is 53.8 Å². The summed E-state index contributed by atoms with van der Waals surface area (Å²) in [7, 11) is 2.82. The summed E-state index contributed by atoms with van der Waals surface area (Å²) in [5.74, 6) is -0.434. The predicted octanol–water partition coefficient (Wildman–Crippen LogP) is 4.00. The van der Waals surface area contributed by atoms with Gasteiger partial charge in [-0.25, -0.2) is 4.79 Å². The number of ether oxygens (including phenoxy) is 2. The van der Waals surface area contributed by atoms with Crippen molar-refractivity contribution in [3.05, 3.63) is 64.4 Å². The van der Waals surface area contributed by atoms with Crippen LogP contribution < -0.4 is 0 Å². The first kappa shape index (κ1) is 16.1. The second kappa shape index (κ2) is 8.23. The van der Waals surface area contributed by atoms with E-state index in [1.807, 2.05) is 49.4 Å². The molecule has 0 spiro atoms. The van der Waals surface area contributed by atoms with E-state index < -0.39 is 5.97 Å². The highest BCUT2D eigenvalue weighted by Crippen LogP contribution is 2.14. The van der Waals surface area contributed by atoms with Crippen molar-refractivity contribution < 1.29 is 14.3 Å². The topological polar surface area (TPSA) is 35.5 Å². The van der Waals surface area contributed by atoms with Crippen molar-refractivity contribution in [3.8, 4) is 0 Å². The highest BCUT2D eigenvalue weighted by Gasteiger charge is 2.11. The standard InChI is InChI=1S/C16H17ClO3/c1-12(15(11-19-2)16(18)20-3)6-4-7-13-8-5-9-14(17)10-13/h4-11H,1-3H3/b7-4+,12-6+,15-11+. The SMILES string of the molecule is CO\C=C(C(=O)OC)/C(C)=C/C=C/c1cccc(Cl)c1. The molecule has 0 saturated heterocycles. The van der Waals surface area contributed by atoms with Gasteiger partial charge in [-0.1, -0.05) is 42.0 Å². The van der Waals surface area contributed by atoms with Crippen LogP contribution in [0.1, 0.15) is 12.5 Å². The molecule has 0 N–H and O–H groups in total. The van der Waals surface area contributed by atoms with E-state index in [-0.39, 0.29) is 0 Å². The van der Waals surface area contributed by atoms with Gasteiger partial charge in [0.25, 0.3) is 0 Å². The zero-order chi connectivity index (χ0) is 15.0. The third-order valence-electron chi connectivity index (χ3n) is 2.55. The Hall–Kier alpha value is -2.00. The molecular formula is C16H17ClO3. The van der Waals surface area contributed by atoms with Crippen molar-refractivity contribution in [2.45, 2.75) is 6.92 Å². The third-order valence-corrected chi connectivity index (χ3v) is 2.78. The first-order valence-corrected chi connectivity index (χ1v) is 6.38. The van der Waals surface area contributed by atoms with Crippen molar-refractivity contribution in [3.63, 3.8) is 0 Å². The Morgan fingerprint density at radius 3 is 2.65 bits per heavy atom. The van der Waals surface area contributed by atoms with Gasteiger partial charge >= 0.3 is 5.97 Å². The van der Waals surface area contributed by atoms with Crippen molar-refractivity contribution in [1.82, 2.24) is 0 Å². The summed E-state index contributed by atoms with van der Waals surface area (Å²) in [6, 6.07) is 7.49. The van der Waals surface area contributed by atoms with E-state index in [1.54, 1.807) is 0 Å². The number of halogens is 1. The number of rotatable bonds is 5. The van der Waals surface area contributed by atoms with Crippen LogP contribution in [0.2, 0.25) is 5.02 Å². The molecule has 1 rings (SSSR count). The molecule has 0 saturated carbocycles. The smallest absolute Gasteiger partial charge is 0.341 e. The number of methoxy groups -OCH3 is 2. The number of esters is 1. The van der Waals surface area contributed by atoms with E-state index in [2.05, 4.69) is 0 Å². The molecular weight excluding hydrogens is 276 g/mol. The molecule has 0 aliphatic rings. The molecule has 106 valence electrons.